The Morgan fingerprint density at radius 3 is 2.19 bits per heavy atom. The first-order chi connectivity index (χ1) is 14.5. The van der Waals surface area contributed by atoms with E-state index in [2.05, 4.69) is 10.6 Å². The predicted octanol–water partition coefficient (Wildman–Crippen LogP) is 3.15. The lowest BCUT2D eigenvalue weighted by Gasteiger charge is -2.39. The molecule has 1 aromatic heterocycles. The standard InChI is InChI=1S/C20H29N3O7S/c1-7-28-16(24)13-11(3)14(17(25)29-8-2)31-15(13)22-18(26)21-12-9-23(10-12)19(27)30-20(4,5)6/h12H,7-10H2,1-6H3,(H2,21,22,26). The summed E-state index contributed by atoms with van der Waals surface area (Å²) in [5, 5.41) is 5.54. The number of anilines is 1. The van der Waals surface area contributed by atoms with E-state index in [9.17, 15) is 19.2 Å². The highest BCUT2D eigenvalue weighted by atomic mass is 32.1. The minimum absolute atomic E-state index is 0.119. The maximum absolute atomic E-state index is 12.5. The molecule has 1 fully saturated rings. The Labute approximate surface area is 185 Å². The van der Waals surface area contributed by atoms with Crippen LogP contribution in [-0.4, -0.2) is 66.9 Å². The van der Waals surface area contributed by atoms with E-state index in [1.165, 1.54) is 4.90 Å². The summed E-state index contributed by atoms with van der Waals surface area (Å²) in [4.78, 5) is 50.7. The average molecular weight is 456 g/mol. The van der Waals surface area contributed by atoms with Gasteiger partial charge in [-0.25, -0.2) is 19.2 Å². The van der Waals surface area contributed by atoms with E-state index in [-0.39, 0.29) is 34.7 Å². The summed E-state index contributed by atoms with van der Waals surface area (Å²) in [6.45, 7) is 11.2. The number of ether oxygens (including phenoxy) is 3. The lowest BCUT2D eigenvalue weighted by Crippen LogP contribution is -2.62. The average Bonchev–Trinajstić information content (AvgIpc) is 2.92. The van der Waals surface area contributed by atoms with Gasteiger partial charge in [-0.2, -0.15) is 0 Å². The molecular formula is C20H29N3O7S. The van der Waals surface area contributed by atoms with Crippen molar-refractivity contribution < 1.29 is 33.4 Å². The second-order valence-electron chi connectivity index (χ2n) is 7.88. The number of esters is 2. The van der Waals surface area contributed by atoms with Gasteiger partial charge in [-0.05, 0) is 47.1 Å². The van der Waals surface area contributed by atoms with Crippen LogP contribution < -0.4 is 10.6 Å². The molecule has 0 unspecified atom stereocenters. The summed E-state index contributed by atoms with van der Waals surface area (Å²) in [5.74, 6) is -1.21. The molecule has 0 aliphatic carbocycles. The number of nitrogens with one attached hydrogen (secondary N) is 2. The van der Waals surface area contributed by atoms with E-state index in [0.717, 1.165) is 11.3 Å². The molecule has 2 N–H and O–H groups in total. The van der Waals surface area contributed by atoms with Crippen LogP contribution in [0.1, 0.15) is 60.2 Å². The SMILES string of the molecule is CCOC(=O)c1sc(NC(=O)NC2CN(C(=O)OC(C)(C)C)C2)c(C(=O)OCC)c1C. The smallest absolute Gasteiger partial charge is 0.410 e. The fourth-order valence-corrected chi connectivity index (χ4v) is 3.90. The van der Waals surface area contributed by atoms with Crippen molar-refractivity contribution >= 4 is 40.4 Å². The summed E-state index contributed by atoms with van der Waals surface area (Å²) in [6, 6.07) is -0.819. The number of carbonyl (C=O) groups is 4. The molecule has 11 heteroatoms. The zero-order chi connectivity index (χ0) is 23.3. The maximum atomic E-state index is 12.5. The van der Waals surface area contributed by atoms with Crippen molar-refractivity contribution in [1.82, 2.24) is 10.2 Å². The lowest BCUT2D eigenvalue weighted by atomic mass is 10.1. The van der Waals surface area contributed by atoms with Crippen LogP contribution in [-0.2, 0) is 14.2 Å². The molecule has 1 aromatic rings. The molecule has 1 saturated heterocycles. The number of amides is 3. The van der Waals surface area contributed by atoms with E-state index < -0.39 is 29.7 Å². The van der Waals surface area contributed by atoms with Gasteiger partial charge in [-0.3, -0.25) is 5.32 Å². The van der Waals surface area contributed by atoms with Crippen molar-refractivity contribution in [2.45, 2.75) is 53.2 Å². The van der Waals surface area contributed by atoms with Crippen LogP contribution in [0.5, 0.6) is 0 Å². The minimum atomic E-state index is -0.637. The fraction of sp³-hybridized carbons (Fsp3) is 0.600. The van der Waals surface area contributed by atoms with Gasteiger partial charge in [0.25, 0.3) is 0 Å². The van der Waals surface area contributed by atoms with E-state index in [1.807, 2.05) is 0 Å². The third-order valence-electron chi connectivity index (χ3n) is 4.18. The Morgan fingerprint density at radius 1 is 1.06 bits per heavy atom. The van der Waals surface area contributed by atoms with Crippen molar-refractivity contribution in [3.05, 3.63) is 16.0 Å². The van der Waals surface area contributed by atoms with E-state index in [4.69, 9.17) is 14.2 Å². The van der Waals surface area contributed by atoms with Gasteiger partial charge in [0.15, 0.2) is 0 Å². The molecule has 0 aromatic carbocycles. The number of likely N-dealkylation sites (tertiary alicyclic amines) is 1. The van der Waals surface area contributed by atoms with Crippen molar-refractivity contribution in [3.63, 3.8) is 0 Å². The highest BCUT2D eigenvalue weighted by Crippen LogP contribution is 2.34. The molecule has 1 aliphatic rings. The molecule has 10 nitrogen and oxygen atoms in total. The van der Waals surface area contributed by atoms with Gasteiger partial charge < -0.3 is 24.4 Å². The molecule has 2 rings (SSSR count). The number of rotatable bonds is 6. The number of carbonyl (C=O) groups excluding carboxylic acids is 4. The van der Waals surface area contributed by atoms with Crippen LogP contribution in [0.2, 0.25) is 0 Å². The molecule has 1 aliphatic heterocycles. The van der Waals surface area contributed by atoms with Gasteiger partial charge in [0.05, 0.1) is 24.8 Å². The molecule has 0 atom stereocenters. The van der Waals surface area contributed by atoms with Crippen LogP contribution in [0.4, 0.5) is 14.6 Å². The third-order valence-corrected chi connectivity index (χ3v) is 5.37. The second-order valence-corrected chi connectivity index (χ2v) is 8.90. The summed E-state index contributed by atoms with van der Waals surface area (Å²) in [7, 11) is 0. The molecule has 0 bridgehead atoms. The van der Waals surface area contributed by atoms with Gasteiger partial charge >= 0.3 is 24.1 Å². The predicted molar refractivity (Wildman–Crippen MR) is 115 cm³/mol. The molecular weight excluding hydrogens is 426 g/mol. The Morgan fingerprint density at radius 2 is 1.65 bits per heavy atom. The summed E-state index contributed by atoms with van der Waals surface area (Å²) in [6.07, 6.45) is -0.441. The molecule has 3 amide bonds. The topological polar surface area (TPSA) is 123 Å². The zero-order valence-electron chi connectivity index (χ0n) is 18.6. The lowest BCUT2D eigenvalue weighted by molar-refractivity contribution is 0.00646. The number of nitrogens with zero attached hydrogens (tertiary/aromatic N) is 1. The summed E-state index contributed by atoms with van der Waals surface area (Å²) < 4.78 is 15.4. The molecule has 2 heterocycles. The van der Waals surface area contributed by atoms with Gasteiger partial charge in [0, 0.05) is 13.1 Å². The van der Waals surface area contributed by atoms with Crippen LogP contribution in [0, 0.1) is 6.92 Å². The number of urea groups is 1. The Hall–Kier alpha value is -2.82. The normalized spacial score (nSPS) is 13.8. The first kappa shape index (κ1) is 24.4. The van der Waals surface area contributed by atoms with E-state index >= 15 is 0 Å². The molecule has 172 valence electrons. The Kier molecular flexibility index (Phi) is 7.88. The largest absolute Gasteiger partial charge is 0.462 e. The van der Waals surface area contributed by atoms with Gasteiger partial charge in [0.1, 0.15) is 15.5 Å². The third kappa shape index (κ3) is 6.33. The van der Waals surface area contributed by atoms with Crippen molar-refractivity contribution in [1.29, 1.82) is 0 Å². The molecule has 0 radical (unpaired) electrons. The van der Waals surface area contributed by atoms with E-state index in [0.29, 0.717) is 18.7 Å². The first-order valence-corrected chi connectivity index (χ1v) is 10.8. The van der Waals surface area contributed by atoms with Crippen LogP contribution in [0.25, 0.3) is 0 Å². The zero-order valence-corrected chi connectivity index (χ0v) is 19.4. The van der Waals surface area contributed by atoms with Crippen molar-refractivity contribution in [2.24, 2.45) is 0 Å². The number of hydrogen-bond donors (Lipinski definition) is 2. The highest BCUT2D eigenvalue weighted by molar-refractivity contribution is 7.18. The Balaban J connectivity index is 2.04. The molecule has 31 heavy (non-hydrogen) atoms. The minimum Gasteiger partial charge on any atom is -0.462 e. The molecule has 0 saturated carbocycles. The quantitative estimate of drug-likeness (QED) is 0.499. The fourth-order valence-electron chi connectivity index (χ4n) is 2.81. The molecule has 0 spiro atoms. The van der Waals surface area contributed by atoms with Gasteiger partial charge in [-0.15, -0.1) is 11.3 Å². The number of hydrogen-bond acceptors (Lipinski definition) is 8. The van der Waals surface area contributed by atoms with Crippen LogP contribution in [0.3, 0.4) is 0 Å². The van der Waals surface area contributed by atoms with Crippen molar-refractivity contribution in [2.75, 3.05) is 31.6 Å². The van der Waals surface area contributed by atoms with E-state index in [1.54, 1.807) is 41.5 Å². The second kappa shape index (κ2) is 9.99. The Bertz CT molecular complexity index is 854. The monoisotopic (exact) mass is 455 g/mol. The summed E-state index contributed by atoms with van der Waals surface area (Å²) >= 11 is 0.949. The first-order valence-electron chi connectivity index (χ1n) is 9.99. The maximum Gasteiger partial charge on any atom is 0.410 e. The van der Waals surface area contributed by atoms with Crippen LogP contribution >= 0.6 is 11.3 Å². The van der Waals surface area contributed by atoms with Gasteiger partial charge in [-0.1, -0.05) is 0 Å². The highest BCUT2D eigenvalue weighted by Gasteiger charge is 2.35. The van der Waals surface area contributed by atoms with Crippen LogP contribution in [0.15, 0.2) is 0 Å². The van der Waals surface area contributed by atoms with Crippen molar-refractivity contribution in [3.8, 4) is 0 Å². The summed E-state index contributed by atoms with van der Waals surface area (Å²) in [5.41, 5.74) is -0.0876. The van der Waals surface area contributed by atoms with Gasteiger partial charge in [0.2, 0.25) is 0 Å². The number of thiophene rings is 1.